The maximum atomic E-state index is 13.1. The van der Waals surface area contributed by atoms with Crippen LogP contribution in [-0.4, -0.2) is 37.5 Å². The molecular formula is C24H23BrO5. The van der Waals surface area contributed by atoms with Crippen LogP contribution in [0.5, 0.6) is 5.75 Å². The number of ether oxygens (including phenoxy) is 3. The molecule has 0 bridgehead atoms. The first-order valence-electron chi connectivity index (χ1n) is 10.0. The topological polar surface area (TPSA) is 61.8 Å². The predicted molar refractivity (Wildman–Crippen MR) is 116 cm³/mol. The van der Waals surface area contributed by atoms with E-state index < -0.39 is 0 Å². The Morgan fingerprint density at radius 2 is 1.90 bits per heavy atom. The fraction of sp³-hybridized carbons (Fsp3) is 0.333. The highest BCUT2D eigenvalue weighted by molar-refractivity contribution is 9.10. The van der Waals surface area contributed by atoms with Gasteiger partial charge in [-0.25, -0.2) is 0 Å². The van der Waals surface area contributed by atoms with Crippen LogP contribution in [0.3, 0.4) is 0 Å². The van der Waals surface area contributed by atoms with Crippen molar-refractivity contribution in [3.05, 3.63) is 70.4 Å². The van der Waals surface area contributed by atoms with Crippen molar-refractivity contribution >= 4 is 33.1 Å². The Labute approximate surface area is 184 Å². The van der Waals surface area contributed by atoms with Crippen LogP contribution in [0.2, 0.25) is 0 Å². The summed E-state index contributed by atoms with van der Waals surface area (Å²) < 4.78 is 18.1. The number of benzene rings is 2. The second-order valence-electron chi connectivity index (χ2n) is 7.55. The summed E-state index contributed by atoms with van der Waals surface area (Å²) in [5.74, 6) is 0.489. The van der Waals surface area contributed by atoms with Gasteiger partial charge in [-0.3, -0.25) is 9.59 Å². The molecule has 1 saturated carbocycles. The zero-order valence-corrected chi connectivity index (χ0v) is 18.3. The van der Waals surface area contributed by atoms with Gasteiger partial charge in [0.15, 0.2) is 11.6 Å². The Bertz CT molecular complexity index is 966. The van der Waals surface area contributed by atoms with Gasteiger partial charge in [-0.2, -0.15) is 0 Å². The molecule has 0 aromatic heterocycles. The van der Waals surface area contributed by atoms with Crippen molar-refractivity contribution in [1.29, 1.82) is 0 Å². The summed E-state index contributed by atoms with van der Waals surface area (Å²) in [7, 11) is 1.59. The zero-order valence-electron chi connectivity index (χ0n) is 16.7. The van der Waals surface area contributed by atoms with Crippen molar-refractivity contribution in [2.45, 2.75) is 31.5 Å². The van der Waals surface area contributed by atoms with E-state index in [2.05, 4.69) is 15.9 Å². The van der Waals surface area contributed by atoms with E-state index >= 15 is 0 Å². The number of hydrogen-bond donors (Lipinski definition) is 0. The lowest BCUT2D eigenvalue weighted by Crippen LogP contribution is -2.41. The molecule has 3 atom stereocenters. The third-order valence-electron chi connectivity index (χ3n) is 5.72. The molecule has 2 aromatic carbocycles. The first-order valence-corrected chi connectivity index (χ1v) is 10.8. The Kier molecular flexibility index (Phi) is 6.35. The van der Waals surface area contributed by atoms with Crippen LogP contribution in [0.25, 0.3) is 5.57 Å². The zero-order chi connectivity index (χ0) is 21.1. The molecule has 6 heteroatoms. The molecule has 0 saturated heterocycles. The number of carbonyl (C=O) groups excluding carboxylic acids is 2. The minimum absolute atomic E-state index is 0.0277. The standard InChI is InChI=1S/C24H23BrO5/c1-28-22-5-3-2-4-18(22)20-13-30-23-12-17(10-11-19(23)24(20)27)29-14-21(26)15-6-8-16(25)9-7-15/h2-9,13,17,19,23H,10-12,14H2,1H3. The highest BCUT2D eigenvalue weighted by Crippen LogP contribution is 2.39. The van der Waals surface area contributed by atoms with E-state index in [4.69, 9.17) is 14.2 Å². The van der Waals surface area contributed by atoms with Crippen LogP contribution < -0.4 is 4.74 Å². The molecule has 1 aliphatic heterocycles. The Balaban J connectivity index is 1.38. The van der Waals surface area contributed by atoms with Crippen LogP contribution in [0.1, 0.15) is 35.2 Å². The molecule has 5 nitrogen and oxygen atoms in total. The number of Topliss-reactive ketones (excluding diaryl/α,β-unsaturated/α-hetero) is 2. The Morgan fingerprint density at radius 1 is 1.13 bits per heavy atom. The van der Waals surface area contributed by atoms with Gasteiger partial charge in [0.2, 0.25) is 0 Å². The summed E-state index contributed by atoms with van der Waals surface area (Å²) in [4.78, 5) is 25.5. The number of para-hydroxylation sites is 1. The van der Waals surface area contributed by atoms with Crippen LogP contribution in [0.15, 0.2) is 59.3 Å². The second kappa shape index (κ2) is 9.14. The SMILES string of the molecule is COc1ccccc1C1=COC2CC(OCC(=O)c3ccc(Br)cc3)CCC2C1=O. The second-order valence-corrected chi connectivity index (χ2v) is 8.47. The maximum Gasteiger partial charge on any atom is 0.188 e. The summed E-state index contributed by atoms with van der Waals surface area (Å²) in [5, 5.41) is 0. The van der Waals surface area contributed by atoms with Crippen molar-refractivity contribution in [1.82, 2.24) is 0 Å². The maximum absolute atomic E-state index is 13.1. The number of hydrogen-bond acceptors (Lipinski definition) is 5. The minimum Gasteiger partial charge on any atom is -0.496 e. The average Bonchev–Trinajstić information content (AvgIpc) is 2.78. The average molecular weight is 471 g/mol. The van der Waals surface area contributed by atoms with E-state index in [-0.39, 0.29) is 36.3 Å². The van der Waals surface area contributed by atoms with Gasteiger partial charge in [0, 0.05) is 22.0 Å². The van der Waals surface area contributed by atoms with Gasteiger partial charge in [-0.05, 0) is 31.0 Å². The number of ketones is 2. The summed E-state index contributed by atoms with van der Waals surface area (Å²) in [6.45, 7) is 0.0277. The molecule has 3 unspecified atom stereocenters. The molecule has 0 spiro atoms. The fourth-order valence-electron chi connectivity index (χ4n) is 4.08. The summed E-state index contributed by atoms with van der Waals surface area (Å²) >= 11 is 3.36. The Hall–Kier alpha value is -2.44. The van der Waals surface area contributed by atoms with E-state index in [1.54, 1.807) is 25.5 Å². The molecule has 4 rings (SSSR count). The van der Waals surface area contributed by atoms with Crippen molar-refractivity contribution in [3.8, 4) is 5.75 Å². The van der Waals surface area contributed by atoms with Crippen molar-refractivity contribution in [2.24, 2.45) is 5.92 Å². The highest BCUT2D eigenvalue weighted by Gasteiger charge is 2.41. The highest BCUT2D eigenvalue weighted by atomic mass is 79.9. The number of fused-ring (bicyclic) bond motifs is 1. The molecule has 1 aliphatic carbocycles. The van der Waals surface area contributed by atoms with Gasteiger partial charge in [0.25, 0.3) is 0 Å². The summed E-state index contributed by atoms with van der Waals surface area (Å²) in [6.07, 6.45) is 3.23. The normalized spacial score (nSPS) is 23.2. The first-order chi connectivity index (χ1) is 14.6. The van der Waals surface area contributed by atoms with Crippen LogP contribution in [-0.2, 0) is 14.3 Å². The number of allylic oxidation sites excluding steroid dienone is 1. The predicted octanol–water partition coefficient (Wildman–Crippen LogP) is 4.83. The lowest BCUT2D eigenvalue weighted by atomic mass is 9.77. The smallest absolute Gasteiger partial charge is 0.188 e. The fourth-order valence-corrected chi connectivity index (χ4v) is 4.35. The van der Waals surface area contributed by atoms with Gasteiger partial charge < -0.3 is 14.2 Å². The van der Waals surface area contributed by atoms with Crippen molar-refractivity contribution in [3.63, 3.8) is 0 Å². The lowest BCUT2D eigenvalue weighted by molar-refractivity contribution is -0.127. The molecule has 2 aliphatic rings. The summed E-state index contributed by atoms with van der Waals surface area (Å²) in [6, 6.07) is 14.7. The van der Waals surface area contributed by atoms with Gasteiger partial charge in [0.05, 0.1) is 31.0 Å². The molecular weight excluding hydrogens is 448 g/mol. The summed E-state index contributed by atoms with van der Waals surface area (Å²) in [5.41, 5.74) is 1.93. The lowest BCUT2D eigenvalue weighted by Gasteiger charge is -2.37. The molecule has 156 valence electrons. The molecule has 0 N–H and O–H groups in total. The van der Waals surface area contributed by atoms with Crippen LogP contribution in [0, 0.1) is 5.92 Å². The Morgan fingerprint density at radius 3 is 2.67 bits per heavy atom. The molecule has 1 fully saturated rings. The largest absolute Gasteiger partial charge is 0.496 e. The van der Waals surface area contributed by atoms with E-state index in [0.717, 1.165) is 16.5 Å². The van der Waals surface area contributed by atoms with Gasteiger partial charge in [-0.1, -0.05) is 46.3 Å². The van der Waals surface area contributed by atoms with Crippen molar-refractivity contribution in [2.75, 3.05) is 13.7 Å². The van der Waals surface area contributed by atoms with Crippen LogP contribution in [0.4, 0.5) is 0 Å². The van der Waals surface area contributed by atoms with Crippen molar-refractivity contribution < 1.29 is 23.8 Å². The van der Waals surface area contributed by atoms with Crippen LogP contribution >= 0.6 is 15.9 Å². The molecule has 2 aromatic rings. The van der Waals surface area contributed by atoms with E-state index in [1.807, 2.05) is 36.4 Å². The van der Waals surface area contributed by atoms with E-state index in [1.165, 1.54) is 0 Å². The number of halogens is 1. The molecule has 0 radical (unpaired) electrons. The molecule has 1 heterocycles. The molecule has 30 heavy (non-hydrogen) atoms. The third-order valence-corrected chi connectivity index (χ3v) is 6.25. The van der Waals surface area contributed by atoms with E-state index in [0.29, 0.717) is 29.7 Å². The van der Waals surface area contributed by atoms with Gasteiger partial charge in [0.1, 0.15) is 18.5 Å². The van der Waals surface area contributed by atoms with Gasteiger partial charge >= 0.3 is 0 Å². The quantitative estimate of drug-likeness (QED) is 0.565. The van der Waals surface area contributed by atoms with E-state index in [9.17, 15) is 9.59 Å². The molecule has 0 amide bonds. The number of carbonyl (C=O) groups is 2. The first kappa shape index (κ1) is 20.8. The number of methoxy groups -OCH3 is 1. The minimum atomic E-state index is -0.225. The van der Waals surface area contributed by atoms with Gasteiger partial charge in [-0.15, -0.1) is 0 Å². The monoisotopic (exact) mass is 470 g/mol. The number of rotatable bonds is 6. The third kappa shape index (κ3) is 4.35.